The molecule has 0 bridgehead atoms. The highest BCUT2D eigenvalue weighted by Gasteiger charge is 2.00. The summed E-state index contributed by atoms with van der Waals surface area (Å²) in [5.74, 6) is 0.920. The normalized spacial score (nSPS) is 10.2. The van der Waals surface area contributed by atoms with Crippen molar-refractivity contribution in [3.05, 3.63) is 52.6 Å². The molecule has 76 valence electrons. The van der Waals surface area contributed by atoms with Crippen molar-refractivity contribution >= 4 is 33.4 Å². The second-order valence-electron chi connectivity index (χ2n) is 3.22. The Morgan fingerprint density at radius 2 is 2.13 bits per heavy atom. The van der Waals surface area contributed by atoms with Crippen molar-refractivity contribution < 1.29 is 4.74 Å². The van der Waals surface area contributed by atoms with E-state index in [-0.39, 0.29) is 0 Å². The van der Waals surface area contributed by atoms with Crippen molar-refractivity contribution in [1.82, 2.24) is 0 Å². The van der Waals surface area contributed by atoms with E-state index < -0.39 is 0 Å². The average molecular weight is 310 g/mol. The summed E-state index contributed by atoms with van der Waals surface area (Å²) in [5.41, 5.74) is 0. The minimum absolute atomic E-state index is 0.547. The smallest absolute Gasteiger partial charge is 0.127 e. The molecule has 15 heavy (non-hydrogen) atoms. The molecule has 0 aliphatic carbocycles. The summed E-state index contributed by atoms with van der Waals surface area (Å²) in [7, 11) is 0. The maximum atomic E-state index is 5.59. The summed E-state index contributed by atoms with van der Waals surface area (Å²) in [6.07, 6.45) is 1.76. The van der Waals surface area contributed by atoms with Gasteiger partial charge in [-0.05, 0) is 52.2 Å². The number of ether oxygens (including phenoxy) is 1. The van der Waals surface area contributed by atoms with E-state index in [0.717, 1.165) is 11.1 Å². The molecule has 1 nitrogen and oxygen atoms in total. The van der Waals surface area contributed by atoms with Crippen molar-refractivity contribution in [3.63, 3.8) is 0 Å². The Balaban J connectivity index is 2.50. The summed E-state index contributed by atoms with van der Waals surface area (Å²) in [6, 6.07) is 12.4. The summed E-state index contributed by atoms with van der Waals surface area (Å²) in [6.45, 7) is 4.19. The molecule has 0 aliphatic rings. The monoisotopic (exact) mass is 310 g/mol. The summed E-state index contributed by atoms with van der Waals surface area (Å²) >= 11 is 2.31. The van der Waals surface area contributed by atoms with Crippen LogP contribution >= 0.6 is 22.6 Å². The first-order chi connectivity index (χ1) is 7.31. The lowest BCUT2D eigenvalue weighted by molar-refractivity contribution is 0.367. The third-order valence-corrected chi connectivity index (χ3v) is 2.83. The van der Waals surface area contributed by atoms with Crippen LogP contribution in [0.4, 0.5) is 0 Å². The molecule has 0 unspecified atom stereocenters. The molecule has 0 aromatic heterocycles. The number of benzene rings is 2. The van der Waals surface area contributed by atoms with Crippen LogP contribution in [0, 0.1) is 3.57 Å². The summed E-state index contributed by atoms with van der Waals surface area (Å²) < 4.78 is 6.82. The molecule has 0 radical (unpaired) electrons. The molecule has 0 N–H and O–H groups in total. The molecule has 0 atom stereocenters. The van der Waals surface area contributed by atoms with Gasteiger partial charge in [-0.3, -0.25) is 0 Å². The van der Waals surface area contributed by atoms with Gasteiger partial charge in [0, 0.05) is 8.96 Å². The van der Waals surface area contributed by atoms with Gasteiger partial charge in [-0.1, -0.05) is 24.8 Å². The molecule has 0 aliphatic heterocycles. The van der Waals surface area contributed by atoms with Crippen LogP contribution in [0.1, 0.15) is 0 Å². The fourth-order valence-electron chi connectivity index (χ4n) is 1.50. The minimum atomic E-state index is 0.547. The van der Waals surface area contributed by atoms with E-state index in [1.807, 2.05) is 12.1 Å². The third-order valence-electron chi connectivity index (χ3n) is 2.16. The van der Waals surface area contributed by atoms with Crippen LogP contribution in [0.2, 0.25) is 0 Å². The van der Waals surface area contributed by atoms with Gasteiger partial charge in [0.1, 0.15) is 12.4 Å². The lowest BCUT2D eigenvalue weighted by Gasteiger charge is -2.07. The van der Waals surface area contributed by atoms with Crippen LogP contribution in [-0.2, 0) is 0 Å². The van der Waals surface area contributed by atoms with Gasteiger partial charge in [-0.2, -0.15) is 0 Å². The van der Waals surface area contributed by atoms with Crippen molar-refractivity contribution in [2.24, 2.45) is 0 Å². The molecule has 2 rings (SSSR count). The molecule has 0 fully saturated rings. The summed E-state index contributed by atoms with van der Waals surface area (Å²) in [4.78, 5) is 0. The van der Waals surface area contributed by atoms with Gasteiger partial charge in [0.2, 0.25) is 0 Å². The second-order valence-corrected chi connectivity index (χ2v) is 4.47. The van der Waals surface area contributed by atoms with Gasteiger partial charge in [0.15, 0.2) is 0 Å². The van der Waals surface area contributed by atoms with Crippen molar-refractivity contribution in [2.75, 3.05) is 6.61 Å². The van der Waals surface area contributed by atoms with Gasteiger partial charge in [-0.15, -0.1) is 0 Å². The van der Waals surface area contributed by atoms with Crippen LogP contribution in [0.15, 0.2) is 49.1 Å². The maximum Gasteiger partial charge on any atom is 0.127 e. The highest BCUT2D eigenvalue weighted by Crippen LogP contribution is 2.26. The second kappa shape index (κ2) is 4.66. The van der Waals surface area contributed by atoms with Crippen LogP contribution in [0.25, 0.3) is 10.8 Å². The largest absolute Gasteiger partial charge is 0.489 e. The van der Waals surface area contributed by atoms with E-state index in [2.05, 4.69) is 53.4 Å². The third kappa shape index (κ3) is 2.31. The zero-order valence-electron chi connectivity index (χ0n) is 8.24. The highest BCUT2D eigenvalue weighted by atomic mass is 127. The molecule has 2 aromatic rings. The molecule has 0 spiro atoms. The van der Waals surface area contributed by atoms with Crippen LogP contribution in [0.5, 0.6) is 5.75 Å². The number of hydrogen-bond acceptors (Lipinski definition) is 1. The van der Waals surface area contributed by atoms with Crippen LogP contribution in [0.3, 0.4) is 0 Å². The molecule has 0 saturated carbocycles. The predicted molar refractivity (Wildman–Crippen MR) is 72.4 cm³/mol. The first-order valence-corrected chi connectivity index (χ1v) is 5.81. The van der Waals surface area contributed by atoms with E-state index in [1.54, 1.807) is 6.08 Å². The molecule has 0 heterocycles. The Morgan fingerprint density at radius 1 is 1.27 bits per heavy atom. The Bertz CT molecular complexity index is 491. The lowest BCUT2D eigenvalue weighted by Crippen LogP contribution is -1.93. The fraction of sp³-hybridized carbons (Fsp3) is 0.0769. The number of halogens is 1. The highest BCUT2D eigenvalue weighted by molar-refractivity contribution is 14.1. The van der Waals surface area contributed by atoms with E-state index in [0.29, 0.717) is 6.61 Å². The topological polar surface area (TPSA) is 9.23 Å². The lowest BCUT2D eigenvalue weighted by atomic mass is 10.1. The zero-order chi connectivity index (χ0) is 10.7. The minimum Gasteiger partial charge on any atom is -0.489 e. The zero-order valence-corrected chi connectivity index (χ0v) is 10.4. The maximum absolute atomic E-state index is 5.59. The molecule has 2 heteroatoms. The number of rotatable bonds is 3. The first kappa shape index (κ1) is 10.5. The van der Waals surface area contributed by atoms with Gasteiger partial charge in [0.25, 0.3) is 0 Å². The fourth-order valence-corrected chi connectivity index (χ4v) is 2.01. The van der Waals surface area contributed by atoms with Crippen LogP contribution < -0.4 is 4.74 Å². The Morgan fingerprint density at radius 3 is 2.93 bits per heavy atom. The number of hydrogen-bond donors (Lipinski definition) is 0. The Labute approximate surface area is 103 Å². The Kier molecular flexibility index (Phi) is 3.26. The van der Waals surface area contributed by atoms with Gasteiger partial charge in [0.05, 0.1) is 0 Å². The summed E-state index contributed by atoms with van der Waals surface area (Å²) in [5, 5.41) is 2.36. The van der Waals surface area contributed by atoms with Crippen molar-refractivity contribution in [2.45, 2.75) is 0 Å². The molecule has 0 saturated heterocycles. The van der Waals surface area contributed by atoms with Crippen molar-refractivity contribution in [3.8, 4) is 5.75 Å². The van der Waals surface area contributed by atoms with Crippen molar-refractivity contribution in [1.29, 1.82) is 0 Å². The van der Waals surface area contributed by atoms with E-state index in [1.165, 1.54) is 8.96 Å². The predicted octanol–water partition coefficient (Wildman–Crippen LogP) is 4.01. The van der Waals surface area contributed by atoms with Gasteiger partial charge in [-0.25, -0.2) is 0 Å². The number of fused-ring (bicyclic) bond motifs is 1. The first-order valence-electron chi connectivity index (χ1n) is 4.73. The van der Waals surface area contributed by atoms with E-state index >= 15 is 0 Å². The van der Waals surface area contributed by atoms with E-state index in [9.17, 15) is 0 Å². The quantitative estimate of drug-likeness (QED) is 0.615. The van der Waals surface area contributed by atoms with Gasteiger partial charge >= 0.3 is 0 Å². The molecular formula is C13H11IO. The van der Waals surface area contributed by atoms with Crippen LogP contribution in [-0.4, -0.2) is 6.61 Å². The molecule has 2 aromatic carbocycles. The molecule has 0 amide bonds. The van der Waals surface area contributed by atoms with E-state index in [4.69, 9.17) is 4.74 Å². The molecular weight excluding hydrogens is 299 g/mol. The standard InChI is InChI=1S/C13H11IO/c1-2-8-15-13-5-3-4-10-9-11(14)6-7-12(10)13/h2-7,9H,1,8H2. The van der Waals surface area contributed by atoms with Gasteiger partial charge < -0.3 is 4.74 Å². The SMILES string of the molecule is C=CCOc1cccc2cc(I)ccc12. The average Bonchev–Trinajstić information content (AvgIpc) is 2.25. The Hall–Kier alpha value is -1.03.